The van der Waals surface area contributed by atoms with E-state index < -0.39 is 0 Å². The zero-order valence-corrected chi connectivity index (χ0v) is 12.5. The number of carbonyl (C=O) groups excluding carboxylic acids is 1. The van der Waals surface area contributed by atoms with Gasteiger partial charge in [0.2, 0.25) is 0 Å². The molecule has 0 aromatic heterocycles. The van der Waals surface area contributed by atoms with Crippen LogP contribution in [-0.4, -0.2) is 42.1 Å². The summed E-state index contributed by atoms with van der Waals surface area (Å²) in [5, 5.41) is 13.6. The number of amides is 1. The van der Waals surface area contributed by atoms with Gasteiger partial charge < -0.3 is 15.3 Å². The van der Waals surface area contributed by atoms with Gasteiger partial charge in [-0.1, -0.05) is 11.6 Å². The molecule has 1 fully saturated rings. The Morgan fingerprint density at radius 3 is 2.80 bits per heavy atom. The van der Waals surface area contributed by atoms with E-state index in [9.17, 15) is 9.90 Å². The fraction of sp³-hybridized carbons (Fsp3) is 0.533. The number of hydrogen-bond donors (Lipinski definition) is 2. The minimum atomic E-state index is -0.147. The van der Waals surface area contributed by atoms with Gasteiger partial charge in [0.25, 0.3) is 5.91 Å². The van der Waals surface area contributed by atoms with Crippen molar-refractivity contribution in [2.45, 2.75) is 19.8 Å². The molecular weight excluding hydrogens is 276 g/mol. The van der Waals surface area contributed by atoms with E-state index in [4.69, 9.17) is 11.6 Å². The van der Waals surface area contributed by atoms with Crippen LogP contribution in [0.2, 0.25) is 5.02 Å². The van der Waals surface area contributed by atoms with E-state index in [-0.39, 0.29) is 17.2 Å². The maximum Gasteiger partial charge on any atom is 0.257 e. The van der Waals surface area contributed by atoms with Crippen molar-refractivity contribution in [1.29, 1.82) is 0 Å². The fourth-order valence-corrected chi connectivity index (χ4v) is 2.75. The quantitative estimate of drug-likeness (QED) is 0.897. The highest BCUT2D eigenvalue weighted by Gasteiger charge is 2.22. The van der Waals surface area contributed by atoms with Crippen molar-refractivity contribution in [3.05, 3.63) is 28.8 Å². The summed E-state index contributed by atoms with van der Waals surface area (Å²) in [5.74, 6) is 0.371. The lowest BCUT2D eigenvalue weighted by Crippen LogP contribution is -2.39. The molecule has 0 atom stereocenters. The molecule has 1 aliphatic rings. The number of benzene rings is 1. The second-order valence-corrected chi connectivity index (χ2v) is 5.64. The molecule has 0 radical (unpaired) electrons. The summed E-state index contributed by atoms with van der Waals surface area (Å²) in [4.78, 5) is 14.3. The van der Waals surface area contributed by atoms with Gasteiger partial charge in [0.15, 0.2) is 0 Å². The smallest absolute Gasteiger partial charge is 0.257 e. The molecule has 1 saturated heterocycles. The highest BCUT2D eigenvalue weighted by atomic mass is 35.5. The summed E-state index contributed by atoms with van der Waals surface area (Å²) in [6, 6.07) is 4.58. The Bertz CT molecular complexity index is 473. The number of piperidine rings is 1. The summed E-state index contributed by atoms with van der Waals surface area (Å²) < 4.78 is 0. The van der Waals surface area contributed by atoms with Gasteiger partial charge >= 0.3 is 0 Å². The number of aromatic hydroxyl groups is 1. The number of hydrogen-bond acceptors (Lipinski definition) is 3. The van der Waals surface area contributed by atoms with Crippen LogP contribution in [0.5, 0.6) is 5.75 Å². The Morgan fingerprint density at radius 2 is 2.15 bits per heavy atom. The first-order chi connectivity index (χ1) is 9.61. The Kier molecular flexibility index (Phi) is 5.26. The largest absolute Gasteiger partial charge is 0.507 e. The monoisotopic (exact) mass is 296 g/mol. The molecule has 1 aromatic rings. The summed E-state index contributed by atoms with van der Waals surface area (Å²) in [5.41, 5.74) is 0.285. The highest BCUT2D eigenvalue weighted by molar-refractivity contribution is 6.31. The van der Waals surface area contributed by atoms with Gasteiger partial charge in [-0.3, -0.25) is 4.79 Å². The Labute approximate surface area is 124 Å². The molecule has 2 N–H and O–H groups in total. The molecular formula is C15H21ClN2O2. The standard InChI is InChI=1S/C15H21ClN2O2/c1-2-18(10-11-5-7-17-8-6-11)15(20)13-9-12(16)3-4-14(13)19/h3-4,9,11,17,19H,2,5-8,10H2,1H3. The minimum Gasteiger partial charge on any atom is -0.507 e. The fourth-order valence-electron chi connectivity index (χ4n) is 2.58. The average Bonchev–Trinajstić information content (AvgIpc) is 2.47. The van der Waals surface area contributed by atoms with Crippen LogP contribution < -0.4 is 5.32 Å². The van der Waals surface area contributed by atoms with Crippen molar-refractivity contribution in [1.82, 2.24) is 10.2 Å². The third kappa shape index (κ3) is 3.64. The molecule has 5 heteroatoms. The van der Waals surface area contributed by atoms with Gasteiger partial charge in [0.1, 0.15) is 5.75 Å². The molecule has 110 valence electrons. The molecule has 1 amide bonds. The van der Waals surface area contributed by atoms with Crippen LogP contribution in [0.25, 0.3) is 0 Å². The van der Waals surface area contributed by atoms with Crippen molar-refractivity contribution in [3.63, 3.8) is 0 Å². The molecule has 20 heavy (non-hydrogen) atoms. The predicted molar refractivity (Wildman–Crippen MR) is 80.3 cm³/mol. The lowest BCUT2D eigenvalue weighted by Gasteiger charge is -2.29. The zero-order chi connectivity index (χ0) is 14.5. The van der Waals surface area contributed by atoms with E-state index in [1.807, 2.05) is 6.92 Å². The highest BCUT2D eigenvalue weighted by Crippen LogP contribution is 2.24. The number of halogens is 1. The first-order valence-corrected chi connectivity index (χ1v) is 7.48. The third-order valence-corrected chi connectivity index (χ3v) is 4.03. The molecule has 4 nitrogen and oxygen atoms in total. The third-order valence-electron chi connectivity index (χ3n) is 3.80. The first kappa shape index (κ1) is 15.1. The second-order valence-electron chi connectivity index (χ2n) is 5.20. The summed E-state index contributed by atoms with van der Waals surface area (Å²) in [6.07, 6.45) is 2.18. The number of phenols is 1. The van der Waals surface area contributed by atoms with E-state index in [1.165, 1.54) is 12.1 Å². The Morgan fingerprint density at radius 1 is 1.45 bits per heavy atom. The molecule has 1 heterocycles. The van der Waals surface area contributed by atoms with E-state index in [1.54, 1.807) is 11.0 Å². The SMILES string of the molecule is CCN(CC1CCNCC1)C(=O)c1cc(Cl)ccc1O. The second kappa shape index (κ2) is 6.95. The molecule has 1 aromatic carbocycles. The van der Waals surface area contributed by atoms with Crippen molar-refractivity contribution >= 4 is 17.5 Å². The Balaban J connectivity index is 2.09. The molecule has 1 aliphatic heterocycles. The molecule has 0 saturated carbocycles. The molecule has 2 rings (SSSR count). The van der Waals surface area contributed by atoms with Crippen LogP contribution in [-0.2, 0) is 0 Å². The average molecular weight is 297 g/mol. The lowest BCUT2D eigenvalue weighted by molar-refractivity contribution is 0.0724. The van der Waals surface area contributed by atoms with Crippen molar-refractivity contribution in [2.75, 3.05) is 26.2 Å². The van der Waals surface area contributed by atoms with Gasteiger partial charge in [0, 0.05) is 18.1 Å². The predicted octanol–water partition coefficient (Wildman–Crippen LogP) is 2.51. The normalized spacial score (nSPS) is 16.1. The minimum absolute atomic E-state index is 0.0110. The number of phenolic OH excluding ortho intramolecular Hbond substituents is 1. The maximum absolute atomic E-state index is 12.5. The summed E-state index contributed by atoms with van der Waals surface area (Å²) >= 11 is 5.91. The van der Waals surface area contributed by atoms with Gasteiger partial charge in [-0.2, -0.15) is 0 Å². The number of rotatable bonds is 4. The van der Waals surface area contributed by atoms with Gasteiger partial charge in [-0.15, -0.1) is 0 Å². The molecule has 0 unspecified atom stereocenters. The van der Waals surface area contributed by atoms with Crippen LogP contribution in [0.1, 0.15) is 30.1 Å². The van der Waals surface area contributed by atoms with Crippen LogP contribution in [0.3, 0.4) is 0 Å². The van der Waals surface area contributed by atoms with Crippen LogP contribution >= 0.6 is 11.6 Å². The number of nitrogens with zero attached hydrogens (tertiary/aromatic N) is 1. The Hall–Kier alpha value is -1.26. The van der Waals surface area contributed by atoms with E-state index in [0.717, 1.165) is 32.5 Å². The van der Waals surface area contributed by atoms with Gasteiger partial charge in [-0.25, -0.2) is 0 Å². The first-order valence-electron chi connectivity index (χ1n) is 7.10. The number of carbonyl (C=O) groups is 1. The molecule has 0 bridgehead atoms. The van der Waals surface area contributed by atoms with Crippen molar-refractivity contribution in [2.24, 2.45) is 5.92 Å². The maximum atomic E-state index is 12.5. The summed E-state index contributed by atoms with van der Waals surface area (Å²) in [6.45, 7) is 5.36. The molecule has 0 aliphatic carbocycles. The van der Waals surface area contributed by atoms with Crippen molar-refractivity contribution in [3.8, 4) is 5.75 Å². The van der Waals surface area contributed by atoms with E-state index in [2.05, 4.69) is 5.32 Å². The zero-order valence-electron chi connectivity index (χ0n) is 11.7. The van der Waals surface area contributed by atoms with Gasteiger partial charge in [0.05, 0.1) is 5.56 Å². The van der Waals surface area contributed by atoms with E-state index in [0.29, 0.717) is 17.5 Å². The van der Waals surface area contributed by atoms with Crippen LogP contribution in [0.4, 0.5) is 0 Å². The summed E-state index contributed by atoms with van der Waals surface area (Å²) in [7, 11) is 0. The van der Waals surface area contributed by atoms with Crippen molar-refractivity contribution < 1.29 is 9.90 Å². The van der Waals surface area contributed by atoms with Crippen LogP contribution in [0, 0.1) is 5.92 Å². The van der Waals surface area contributed by atoms with E-state index >= 15 is 0 Å². The van der Waals surface area contributed by atoms with Crippen LogP contribution in [0.15, 0.2) is 18.2 Å². The van der Waals surface area contributed by atoms with Gasteiger partial charge in [-0.05, 0) is 57.0 Å². The lowest BCUT2D eigenvalue weighted by atomic mass is 9.97. The molecule has 0 spiro atoms. The number of nitrogens with one attached hydrogen (secondary N) is 1. The topological polar surface area (TPSA) is 52.6 Å².